The molecule has 0 radical (unpaired) electrons. The summed E-state index contributed by atoms with van der Waals surface area (Å²) in [5, 5.41) is 8.42. The van der Waals surface area contributed by atoms with Gasteiger partial charge in [0.15, 0.2) is 0 Å². The Bertz CT molecular complexity index is 1120. The van der Waals surface area contributed by atoms with E-state index >= 15 is 0 Å². The van der Waals surface area contributed by atoms with Gasteiger partial charge >= 0.3 is 0 Å². The number of hydrogen-bond acceptors (Lipinski definition) is 5. The Labute approximate surface area is 168 Å². The van der Waals surface area contributed by atoms with Gasteiger partial charge in [0, 0.05) is 24.6 Å². The van der Waals surface area contributed by atoms with Crippen molar-refractivity contribution in [3.05, 3.63) is 66.3 Å². The van der Waals surface area contributed by atoms with Crippen molar-refractivity contribution in [3.63, 3.8) is 0 Å². The van der Waals surface area contributed by atoms with Gasteiger partial charge in [-0.15, -0.1) is 10.2 Å². The molecule has 2 aromatic carbocycles. The van der Waals surface area contributed by atoms with Crippen LogP contribution in [0.5, 0.6) is 0 Å². The van der Waals surface area contributed by atoms with E-state index in [1.54, 1.807) is 0 Å². The number of benzene rings is 2. The largest absolute Gasteiger partial charge is 0.420 e. The van der Waals surface area contributed by atoms with E-state index in [4.69, 9.17) is 4.42 Å². The van der Waals surface area contributed by atoms with Gasteiger partial charge in [0.05, 0.1) is 4.90 Å². The Balaban J connectivity index is 1.27. The van der Waals surface area contributed by atoms with E-state index in [-0.39, 0.29) is 16.2 Å². The van der Waals surface area contributed by atoms with Crippen LogP contribution in [0.3, 0.4) is 0 Å². The summed E-state index contributed by atoms with van der Waals surface area (Å²) in [4.78, 5) is 0.131. The van der Waals surface area contributed by atoms with Crippen molar-refractivity contribution in [2.45, 2.75) is 30.1 Å². The van der Waals surface area contributed by atoms with Crippen LogP contribution in [-0.4, -0.2) is 36.0 Å². The first-order valence-corrected chi connectivity index (χ1v) is 11.1. The van der Waals surface area contributed by atoms with E-state index in [0.717, 1.165) is 24.8 Å². The molecule has 1 unspecified atom stereocenters. The molecule has 0 bridgehead atoms. The molecule has 29 heavy (non-hydrogen) atoms. The molecular formula is C21H20FN3O3S. The van der Waals surface area contributed by atoms with Gasteiger partial charge in [0.25, 0.3) is 0 Å². The molecule has 1 spiro atoms. The molecule has 2 heterocycles. The molecule has 1 aliphatic carbocycles. The molecule has 0 amide bonds. The Morgan fingerprint density at radius 2 is 1.69 bits per heavy atom. The fourth-order valence-corrected chi connectivity index (χ4v) is 5.69. The molecule has 1 saturated heterocycles. The maximum absolute atomic E-state index is 13.1. The highest BCUT2D eigenvalue weighted by Crippen LogP contribution is 2.64. The first-order chi connectivity index (χ1) is 14.0. The zero-order valence-corrected chi connectivity index (χ0v) is 16.5. The summed E-state index contributed by atoms with van der Waals surface area (Å²) in [6.45, 7) is 0.881. The Morgan fingerprint density at radius 3 is 2.38 bits per heavy atom. The van der Waals surface area contributed by atoms with Crippen LogP contribution in [0.4, 0.5) is 4.39 Å². The summed E-state index contributed by atoms with van der Waals surface area (Å²) in [6, 6.07) is 14.6. The van der Waals surface area contributed by atoms with Gasteiger partial charge < -0.3 is 4.42 Å². The lowest BCUT2D eigenvalue weighted by Crippen LogP contribution is -2.39. The number of halogens is 1. The van der Waals surface area contributed by atoms with Gasteiger partial charge in [-0.1, -0.05) is 18.2 Å². The molecule has 0 N–H and O–H groups in total. The Morgan fingerprint density at radius 1 is 1.00 bits per heavy atom. The minimum Gasteiger partial charge on any atom is -0.420 e. The van der Waals surface area contributed by atoms with Gasteiger partial charge in [0.2, 0.25) is 21.8 Å². The van der Waals surface area contributed by atoms with E-state index in [2.05, 4.69) is 10.2 Å². The van der Waals surface area contributed by atoms with E-state index in [0.29, 0.717) is 24.9 Å². The normalized spacial score (nSPS) is 21.3. The van der Waals surface area contributed by atoms with Crippen LogP contribution in [0.15, 0.2) is 63.9 Å². The van der Waals surface area contributed by atoms with Crippen molar-refractivity contribution >= 4 is 10.0 Å². The average molecular weight is 413 g/mol. The highest BCUT2D eigenvalue weighted by molar-refractivity contribution is 7.89. The van der Waals surface area contributed by atoms with E-state index < -0.39 is 15.8 Å². The lowest BCUT2D eigenvalue weighted by molar-refractivity contribution is 0.246. The SMILES string of the molecule is O=S(=O)(c1ccc(F)cc1)N1CCC2(CC1)CC2c1nnc(-c2ccccc2)o1. The molecule has 2 aliphatic rings. The maximum Gasteiger partial charge on any atom is 0.247 e. The second kappa shape index (κ2) is 6.74. The highest BCUT2D eigenvalue weighted by atomic mass is 32.2. The quantitative estimate of drug-likeness (QED) is 0.650. The number of aromatic nitrogens is 2. The maximum atomic E-state index is 13.1. The zero-order chi connectivity index (χ0) is 20.1. The van der Waals surface area contributed by atoms with E-state index in [1.807, 2.05) is 30.3 Å². The third-order valence-corrected chi connectivity index (χ3v) is 8.03. The van der Waals surface area contributed by atoms with Crippen LogP contribution in [0.25, 0.3) is 11.5 Å². The highest BCUT2D eigenvalue weighted by Gasteiger charge is 2.58. The van der Waals surface area contributed by atoms with Gasteiger partial charge in [-0.25, -0.2) is 12.8 Å². The molecule has 2 fully saturated rings. The molecule has 150 valence electrons. The van der Waals surface area contributed by atoms with E-state index in [1.165, 1.54) is 28.6 Å². The van der Waals surface area contributed by atoms with Crippen molar-refractivity contribution in [2.24, 2.45) is 5.41 Å². The number of rotatable bonds is 4. The van der Waals surface area contributed by atoms with Gasteiger partial charge in [-0.05, 0) is 61.1 Å². The summed E-state index contributed by atoms with van der Waals surface area (Å²) in [5.41, 5.74) is 0.927. The fourth-order valence-electron chi connectivity index (χ4n) is 4.25. The first-order valence-electron chi connectivity index (χ1n) is 9.63. The Hall–Kier alpha value is -2.58. The Kier molecular flexibility index (Phi) is 4.29. The summed E-state index contributed by atoms with van der Waals surface area (Å²) in [5.74, 6) is 0.887. The molecule has 1 aromatic heterocycles. The lowest BCUT2D eigenvalue weighted by atomic mass is 9.92. The topological polar surface area (TPSA) is 76.3 Å². The monoisotopic (exact) mass is 413 g/mol. The van der Waals surface area contributed by atoms with Crippen LogP contribution >= 0.6 is 0 Å². The molecule has 5 rings (SSSR count). The summed E-state index contributed by atoms with van der Waals surface area (Å²) >= 11 is 0. The van der Waals surface area contributed by atoms with Crippen molar-refractivity contribution in [1.29, 1.82) is 0 Å². The third kappa shape index (κ3) is 3.26. The molecule has 6 nitrogen and oxygen atoms in total. The van der Waals surface area contributed by atoms with Crippen LogP contribution in [0, 0.1) is 11.2 Å². The number of sulfonamides is 1. The summed E-state index contributed by atoms with van der Waals surface area (Å²) in [7, 11) is -3.60. The molecule has 8 heteroatoms. The average Bonchev–Trinajstić information content (AvgIpc) is 3.21. The predicted molar refractivity (Wildman–Crippen MR) is 104 cm³/mol. The van der Waals surface area contributed by atoms with Crippen LogP contribution in [0.2, 0.25) is 0 Å². The minimum absolute atomic E-state index is 0.0370. The van der Waals surface area contributed by atoms with Gasteiger partial charge in [-0.3, -0.25) is 0 Å². The summed E-state index contributed by atoms with van der Waals surface area (Å²) < 4.78 is 46.1. The minimum atomic E-state index is -3.60. The number of hydrogen-bond donors (Lipinski definition) is 0. The second-order valence-electron chi connectivity index (χ2n) is 7.79. The van der Waals surface area contributed by atoms with Crippen molar-refractivity contribution in [3.8, 4) is 11.5 Å². The molecule has 1 aliphatic heterocycles. The van der Waals surface area contributed by atoms with Crippen molar-refractivity contribution < 1.29 is 17.2 Å². The van der Waals surface area contributed by atoms with E-state index in [9.17, 15) is 12.8 Å². The summed E-state index contributed by atoms with van der Waals surface area (Å²) in [6.07, 6.45) is 2.44. The predicted octanol–water partition coefficient (Wildman–Crippen LogP) is 3.83. The van der Waals surface area contributed by atoms with Crippen LogP contribution in [0.1, 0.15) is 31.1 Å². The molecule has 3 aromatic rings. The molecular weight excluding hydrogens is 393 g/mol. The molecule has 1 atom stereocenters. The smallest absolute Gasteiger partial charge is 0.247 e. The van der Waals surface area contributed by atoms with Gasteiger partial charge in [-0.2, -0.15) is 4.31 Å². The lowest BCUT2D eigenvalue weighted by Gasteiger charge is -2.31. The van der Waals surface area contributed by atoms with Crippen LogP contribution in [-0.2, 0) is 10.0 Å². The second-order valence-corrected chi connectivity index (χ2v) is 9.73. The first kappa shape index (κ1) is 18.4. The molecule has 1 saturated carbocycles. The zero-order valence-electron chi connectivity index (χ0n) is 15.7. The standard InChI is InChI=1S/C21H20FN3O3S/c22-16-6-8-17(9-7-16)29(26,27)25-12-10-21(11-13-25)14-18(21)20-24-23-19(28-20)15-4-2-1-3-5-15/h1-9,18H,10-14H2. The van der Waals surface area contributed by atoms with Crippen molar-refractivity contribution in [1.82, 2.24) is 14.5 Å². The number of piperidine rings is 1. The fraction of sp³-hybridized carbons (Fsp3) is 0.333. The number of nitrogens with zero attached hydrogens (tertiary/aromatic N) is 3. The van der Waals surface area contributed by atoms with Gasteiger partial charge in [0.1, 0.15) is 5.82 Å². The third-order valence-electron chi connectivity index (χ3n) is 6.12. The van der Waals surface area contributed by atoms with Crippen molar-refractivity contribution in [2.75, 3.05) is 13.1 Å². The van der Waals surface area contributed by atoms with Crippen LogP contribution < -0.4 is 0 Å².